The summed E-state index contributed by atoms with van der Waals surface area (Å²) in [6.07, 6.45) is 0.648. The van der Waals surface area contributed by atoms with Crippen LogP contribution in [0.25, 0.3) is 22.2 Å². The fourth-order valence-electron chi connectivity index (χ4n) is 3.39. The summed E-state index contributed by atoms with van der Waals surface area (Å²) in [5.74, 6) is -0.469. The SMILES string of the molecule is [NH-]CCN(CC[NH-])CCCN1C(=O)c2cccc3cccc(c23)C1=O.[Pt]. The Kier molecular flexibility index (Phi) is 7.47. The second-order valence-corrected chi connectivity index (χ2v) is 6.17. The molecule has 1 aliphatic heterocycles. The average Bonchev–Trinajstić information content (AvgIpc) is 2.62. The Hall–Kier alpha value is -1.59. The number of amides is 2. The molecule has 0 unspecified atom stereocenters. The van der Waals surface area contributed by atoms with Gasteiger partial charge in [0.15, 0.2) is 0 Å². The minimum absolute atomic E-state index is 0. The van der Waals surface area contributed by atoms with Gasteiger partial charge in [0.25, 0.3) is 11.8 Å². The molecule has 0 fully saturated rings. The third-order valence-corrected chi connectivity index (χ3v) is 4.57. The number of hydrogen-bond donors (Lipinski definition) is 0. The van der Waals surface area contributed by atoms with Gasteiger partial charge in [0.2, 0.25) is 0 Å². The molecule has 1 heterocycles. The summed E-state index contributed by atoms with van der Waals surface area (Å²) in [5.41, 5.74) is 15.8. The Morgan fingerprint density at radius 3 is 1.88 bits per heavy atom. The molecule has 2 aromatic rings. The van der Waals surface area contributed by atoms with Crippen molar-refractivity contribution in [3.63, 3.8) is 0 Å². The van der Waals surface area contributed by atoms with Gasteiger partial charge in [0, 0.05) is 44.1 Å². The maximum Gasteiger partial charge on any atom is 0.261 e. The molecule has 2 N–H and O–H groups in total. The molecule has 26 heavy (non-hydrogen) atoms. The van der Waals surface area contributed by atoms with E-state index in [0.717, 1.165) is 10.8 Å². The maximum atomic E-state index is 12.8. The van der Waals surface area contributed by atoms with Gasteiger partial charge >= 0.3 is 0 Å². The van der Waals surface area contributed by atoms with Gasteiger partial charge < -0.3 is 16.4 Å². The minimum Gasteiger partial charge on any atom is -0.676 e. The van der Waals surface area contributed by atoms with Crippen molar-refractivity contribution >= 4 is 22.6 Å². The van der Waals surface area contributed by atoms with Crippen LogP contribution in [0.5, 0.6) is 0 Å². The molecule has 0 aromatic heterocycles. The van der Waals surface area contributed by atoms with Crippen LogP contribution in [0, 0.1) is 0 Å². The molecule has 0 bridgehead atoms. The summed E-state index contributed by atoms with van der Waals surface area (Å²) in [6, 6.07) is 11.1. The first kappa shape index (κ1) is 20.7. The van der Waals surface area contributed by atoms with Gasteiger partial charge in [-0.25, -0.2) is 0 Å². The van der Waals surface area contributed by atoms with Crippen molar-refractivity contribution in [1.82, 2.24) is 9.80 Å². The summed E-state index contributed by atoms with van der Waals surface area (Å²) in [5, 5.41) is 1.66. The van der Waals surface area contributed by atoms with Gasteiger partial charge in [-0.05, 0) is 43.6 Å². The Bertz CT molecular complexity index is 739. The normalized spacial score (nSPS) is 13.4. The van der Waals surface area contributed by atoms with Crippen molar-refractivity contribution in [2.75, 3.05) is 39.3 Å². The smallest absolute Gasteiger partial charge is 0.261 e. The van der Waals surface area contributed by atoms with E-state index in [1.807, 2.05) is 29.2 Å². The number of carbonyl (C=O) groups is 2. The average molecular weight is 533 g/mol. The zero-order valence-electron chi connectivity index (χ0n) is 14.4. The fraction of sp³-hybridized carbons (Fsp3) is 0.368. The molecule has 7 heteroatoms. The zero-order chi connectivity index (χ0) is 17.8. The summed E-state index contributed by atoms with van der Waals surface area (Å²) in [4.78, 5) is 28.9. The molecule has 0 saturated carbocycles. The van der Waals surface area contributed by atoms with Crippen LogP contribution in [0.15, 0.2) is 36.4 Å². The molecule has 0 radical (unpaired) electrons. The van der Waals surface area contributed by atoms with Gasteiger partial charge in [-0.2, -0.15) is 0 Å². The van der Waals surface area contributed by atoms with Crippen molar-refractivity contribution in [3.8, 4) is 0 Å². The summed E-state index contributed by atoms with van der Waals surface area (Å²) >= 11 is 0. The molecule has 0 spiro atoms. The molecule has 0 atom stereocenters. The van der Waals surface area contributed by atoms with Crippen molar-refractivity contribution in [2.45, 2.75) is 6.42 Å². The summed E-state index contributed by atoms with van der Waals surface area (Å²) in [6.45, 7) is 2.84. The standard InChI is InChI=1S/C19H22N4O2.Pt/c20-8-12-22(13-9-21)10-3-11-23-18(24)15-6-1-4-14-5-2-7-16(17(14)15)19(23)25;/h1-2,4-7,20-21H,3,8-13H2;/q-2;. The predicted molar refractivity (Wildman–Crippen MR) is 98.7 cm³/mol. The largest absolute Gasteiger partial charge is 0.676 e. The molecular weight excluding hydrogens is 511 g/mol. The molecule has 0 aliphatic carbocycles. The number of benzene rings is 2. The first-order valence-corrected chi connectivity index (χ1v) is 8.57. The molecule has 0 saturated heterocycles. The molecule has 2 aromatic carbocycles. The van der Waals surface area contributed by atoms with Crippen molar-refractivity contribution in [3.05, 3.63) is 59.0 Å². The molecule has 2 amide bonds. The van der Waals surface area contributed by atoms with Crippen LogP contribution in [0.3, 0.4) is 0 Å². The third kappa shape index (κ3) is 4.04. The van der Waals surface area contributed by atoms with E-state index in [4.69, 9.17) is 11.5 Å². The summed E-state index contributed by atoms with van der Waals surface area (Å²) in [7, 11) is 0. The van der Waals surface area contributed by atoms with Crippen molar-refractivity contribution < 1.29 is 30.7 Å². The number of nitrogens with one attached hydrogen (secondary N) is 2. The quantitative estimate of drug-likeness (QED) is 0.489. The monoisotopic (exact) mass is 533 g/mol. The number of hydrogen-bond acceptors (Lipinski definition) is 3. The van der Waals surface area contributed by atoms with E-state index in [1.165, 1.54) is 4.90 Å². The van der Waals surface area contributed by atoms with Crippen LogP contribution in [-0.4, -0.2) is 60.9 Å². The van der Waals surface area contributed by atoms with Gasteiger partial charge in [0.1, 0.15) is 0 Å². The Morgan fingerprint density at radius 2 is 1.38 bits per heavy atom. The first-order chi connectivity index (χ1) is 12.2. The number of rotatable bonds is 8. The molecule has 6 nitrogen and oxygen atoms in total. The predicted octanol–water partition coefficient (Wildman–Crippen LogP) is 3.23. The van der Waals surface area contributed by atoms with Crippen LogP contribution in [0.4, 0.5) is 0 Å². The van der Waals surface area contributed by atoms with Gasteiger partial charge in [0.05, 0.1) is 0 Å². The third-order valence-electron chi connectivity index (χ3n) is 4.57. The number of carbonyl (C=O) groups excluding carboxylic acids is 2. The second kappa shape index (κ2) is 9.38. The van der Waals surface area contributed by atoms with Crippen LogP contribution in [-0.2, 0) is 21.1 Å². The molecule has 3 rings (SSSR count). The number of imide groups is 1. The summed E-state index contributed by atoms with van der Waals surface area (Å²) < 4.78 is 0. The van der Waals surface area contributed by atoms with Crippen molar-refractivity contribution in [2.24, 2.45) is 0 Å². The van der Waals surface area contributed by atoms with E-state index in [-0.39, 0.29) is 46.0 Å². The van der Waals surface area contributed by atoms with E-state index in [1.54, 1.807) is 12.1 Å². The zero-order valence-corrected chi connectivity index (χ0v) is 16.7. The number of nitrogens with zero attached hydrogens (tertiary/aromatic N) is 2. The van der Waals surface area contributed by atoms with Crippen LogP contribution >= 0.6 is 0 Å². The van der Waals surface area contributed by atoms with Crippen LogP contribution in [0.1, 0.15) is 27.1 Å². The Morgan fingerprint density at radius 1 is 0.846 bits per heavy atom. The van der Waals surface area contributed by atoms with Crippen LogP contribution < -0.4 is 0 Å². The topological polar surface area (TPSA) is 88.2 Å². The first-order valence-electron chi connectivity index (χ1n) is 8.57. The van der Waals surface area contributed by atoms with E-state index in [2.05, 4.69) is 0 Å². The second-order valence-electron chi connectivity index (χ2n) is 6.17. The van der Waals surface area contributed by atoms with Gasteiger partial charge in [-0.1, -0.05) is 24.3 Å². The van der Waals surface area contributed by atoms with E-state index in [0.29, 0.717) is 43.7 Å². The van der Waals surface area contributed by atoms with Gasteiger partial charge in [-0.15, -0.1) is 13.1 Å². The van der Waals surface area contributed by atoms with Crippen LogP contribution in [0.2, 0.25) is 0 Å². The molecule has 1 aliphatic rings. The minimum atomic E-state index is -0.234. The maximum absolute atomic E-state index is 12.8. The molecular formula is C19H22N4O2Pt-2. The fourth-order valence-corrected chi connectivity index (χ4v) is 3.39. The Labute approximate surface area is 167 Å². The Balaban J connectivity index is 0.00000243. The van der Waals surface area contributed by atoms with Gasteiger partial charge in [-0.3, -0.25) is 14.5 Å². The van der Waals surface area contributed by atoms with E-state index in [9.17, 15) is 9.59 Å². The van der Waals surface area contributed by atoms with Crippen molar-refractivity contribution in [1.29, 1.82) is 0 Å². The molecule has 142 valence electrons. The van der Waals surface area contributed by atoms with E-state index >= 15 is 0 Å². The van der Waals surface area contributed by atoms with E-state index < -0.39 is 0 Å².